The van der Waals surface area contributed by atoms with Crippen LogP contribution >= 0.6 is 0 Å². The van der Waals surface area contributed by atoms with Crippen molar-refractivity contribution in [2.24, 2.45) is 5.92 Å². The molecular formula is C9H20F2. The van der Waals surface area contributed by atoms with Crippen LogP contribution in [0.25, 0.3) is 0 Å². The largest absolute Gasteiger partial charge is 0.248 e. The zero-order chi connectivity index (χ0) is 9.49. The van der Waals surface area contributed by atoms with Crippen LogP contribution in [0.4, 0.5) is 8.78 Å². The second kappa shape index (κ2) is 6.56. The summed E-state index contributed by atoms with van der Waals surface area (Å²) in [4.78, 5) is 0. The average Bonchev–Trinajstić information content (AvgIpc) is 1.93. The number of rotatable bonds is 0. The topological polar surface area (TPSA) is 0 Å². The summed E-state index contributed by atoms with van der Waals surface area (Å²) in [6, 6.07) is 0. The van der Waals surface area contributed by atoms with E-state index in [-0.39, 0.29) is 18.8 Å². The van der Waals surface area contributed by atoms with Crippen molar-refractivity contribution in [2.45, 2.75) is 53.4 Å². The Labute approximate surface area is 69.0 Å². The van der Waals surface area contributed by atoms with Crippen molar-refractivity contribution in [3.8, 4) is 0 Å². The highest BCUT2D eigenvalue weighted by molar-refractivity contribution is 4.82. The first-order chi connectivity index (χ1) is 5.10. The van der Waals surface area contributed by atoms with Crippen LogP contribution in [0.2, 0.25) is 0 Å². The van der Waals surface area contributed by atoms with E-state index in [4.69, 9.17) is 0 Å². The standard InChI is InChI=1S/C5H8F2.2C2H6/c1-4-2-5(6,7)3-4;2*1-2/h4H,2-3H2,1H3;2*1-2H3. The van der Waals surface area contributed by atoms with Crippen molar-refractivity contribution in [3.63, 3.8) is 0 Å². The maximum atomic E-state index is 11.8. The van der Waals surface area contributed by atoms with Crippen molar-refractivity contribution in [2.75, 3.05) is 0 Å². The Hall–Kier alpha value is -0.140. The molecule has 0 heterocycles. The zero-order valence-corrected chi connectivity index (χ0v) is 8.25. The number of hydrogen-bond donors (Lipinski definition) is 0. The zero-order valence-electron chi connectivity index (χ0n) is 8.25. The summed E-state index contributed by atoms with van der Waals surface area (Å²) in [7, 11) is 0. The molecule has 0 N–H and O–H groups in total. The third-order valence-corrected chi connectivity index (χ3v) is 1.29. The van der Waals surface area contributed by atoms with Gasteiger partial charge in [-0.05, 0) is 5.92 Å². The van der Waals surface area contributed by atoms with Gasteiger partial charge in [0.15, 0.2) is 0 Å². The molecule has 1 aliphatic rings. The minimum atomic E-state index is -2.31. The quantitative estimate of drug-likeness (QED) is 0.508. The summed E-state index contributed by atoms with van der Waals surface area (Å²) >= 11 is 0. The number of hydrogen-bond acceptors (Lipinski definition) is 0. The normalized spacial score (nSPS) is 19.9. The van der Waals surface area contributed by atoms with Gasteiger partial charge in [0.25, 0.3) is 0 Å². The van der Waals surface area contributed by atoms with Gasteiger partial charge in [-0.15, -0.1) is 0 Å². The monoisotopic (exact) mass is 166 g/mol. The van der Waals surface area contributed by atoms with E-state index in [9.17, 15) is 8.78 Å². The second-order valence-corrected chi connectivity index (χ2v) is 2.37. The van der Waals surface area contributed by atoms with E-state index in [0.717, 1.165) is 0 Å². The van der Waals surface area contributed by atoms with E-state index >= 15 is 0 Å². The van der Waals surface area contributed by atoms with Gasteiger partial charge in [-0.2, -0.15) is 0 Å². The smallest absolute Gasteiger partial charge is 0.207 e. The molecule has 0 bridgehead atoms. The lowest BCUT2D eigenvalue weighted by molar-refractivity contribution is -0.104. The van der Waals surface area contributed by atoms with E-state index < -0.39 is 5.92 Å². The molecule has 0 aromatic carbocycles. The first-order valence-electron chi connectivity index (χ1n) is 4.48. The summed E-state index contributed by atoms with van der Waals surface area (Å²) < 4.78 is 23.6. The SMILES string of the molecule is CC.CC.CC1CC(F)(F)C1. The predicted octanol–water partition coefficient (Wildman–Crippen LogP) is 4.10. The van der Waals surface area contributed by atoms with Crippen molar-refractivity contribution in [3.05, 3.63) is 0 Å². The van der Waals surface area contributed by atoms with E-state index in [1.807, 2.05) is 34.6 Å². The molecule has 0 aromatic heterocycles. The molecule has 1 fully saturated rings. The summed E-state index contributed by atoms with van der Waals surface area (Å²) in [6.45, 7) is 9.84. The molecule has 1 aliphatic carbocycles. The Kier molecular flexibility index (Phi) is 8.02. The number of alkyl halides is 2. The van der Waals surface area contributed by atoms with E-state index in [1.165, 1.54) is 0 Å². The fourth-order valence-corrected chi connectivity index (χ4v) is 0.960. The lowest BCUT2D eigenvalue weighted by Gasteiger charge is -2.31. The van der Waals surface area contributed by atoms with Crippen LogP contribution in [0.15, 0.2) is 0 Å². The van der Waals surface area contributed by atoms with Crippen LogP contribution in [-0.4, -0.2) is 5.92 Å². The summed E-state index contributed by atoms with van der Waals surface area (Å²) in [5.41, 5.74) is 0. The van der Waals surface area contributed by atoms with Crippen LogP contribution in [0.5, 0.6) is 0 Å². The molecule has 0 saturated heterocycles. The van der Waals surface area contributed by atoms with Gasteiger partial charge in [-0.1, -0.05) is 34.6 Å². The molecule has 0 nitrogen and oxygen atoms in total. The van der Waals surface area contributed by atoms with E-state index in [2.05, 4.69) is 0 Å². The minimum Gasteiger partial charge on any atom is -0.207 e. The average molecular weight is 166 g/mol. The Morgan fingerprint density at radius 2 is 1.27 bits per heavy atom. The Bertz CT molecular complexity index is 71.6. The van der Waals surface area contributed by atoms with Gasteiger partial charge >= 0.3 is 0 Å². The van der Waals surface area contributed by atoms with Crippen LogP contribution < -0.4 is 0 Å². The third-order valence-electron chi connectivity index (χ3n) is 1.29. The van der Waals surface area contributed by atoms with Crippen LogP contribution in [0.1, 0.15) is 47.5 Å². The second-order valence-electron chi connectivity index (χ2n) is 2.37. The molecule has 70 valence electrons. The van der Waals surface area contributed by atoms with Gasteiger partial charge in [0.1, 0.15) is 0 Å². The molecule has 2 heteroatoms. The molecule has 0 aromatic rings. The van der Waals surface area contributed by atoms with Crippen molar-refractivity contribution < 1.29 is 8.78 Å². The number of halogens is 2. The highest BCUT2D eigenvalue weighted by atomic mass is 19.3. The molecule has 0 aliphatic heterocycles. The lowest BCUT2D eigenvalue weighted by Crippen LogP contribution is -2.33. The van der Waals surface area contributed by atoms with Crippen molar-refractivity contribution in [1.82, 2.24) is 0 Å². The molecule has 0 amide bonds. The minimum absolute atomic E-state index is 0.104. The van der Waals surface area contributed by atoms with Crippen LogP contribution in [0, 0.1) is 5.92 Å². The third kappa shape index (κ3) is 6.27. The maximum absolute atomic E-state index is 11.8. The fourth-order valence-electron chi connectivity index (χ4n) is 0.960. The van der Waals surface area contributed by atoms with Gasteiger partial charge < -0.3 is 0 Å². The Morgan fingerprint density at radius 3 is 1.27 bits per heavy atom. The first-order valence-corrected chi connectivity index (χ1v) is 4.48. The molecule has 1 rings (SSSR count). The van der Waals surface area contributed by atoms with Crippen molar-refractivity contribution >= 4 is 0 Å². The summed E-state index contributed by atoms with van der Waals surface area (Å²) in [5.74, 6) is -2.05. The van der Waals surface area contributed by atoms with Gasteiger partial charge in [0.05, 0.1) is 0 Å². The van der Waals surface area contributed by atoms with Crippen LogP contribution in [0.3, 0.4) is 0 Å². The first kappa shape index (κ1) is 13.4. The Morgan fingerprint density at radius 1 is 1.00 bits per heavy atom. The molecule has 0 radical (unpaired) electrons. The molecule has 11 heavy (non-hydrogen) atoms. The molecule has 0 spiro atoms. The Balaban J connectivity index is 0. The van der Waals surface area contributed by atoms with E-state index in [1.54, 1.807) is 0 Å². The van der Waals surface area contributed by atoms with Gasteiger partial charge in [-0.25, -0.2) is 8.78 Å². The van der Waals surface area contributed by atoms with Gasteiger partial charge in [-0.3, -0.25) is 0 Å². The summed E-state index contributed by atoms with van der Waals surface area (Å²) in [6.07, 6.45) is 0.208. The van der Waals surface area contributed by atoms with E-state index in [0.29, 0.717) is 0 Å². The van der Waals surface area contributed by atoms with Crippen LogP contribution in [-0.2, 0) is 0 Å². The predicted molar refractivity (Wildman–Crippen MR) is 46.0 cm³/mol. The highest BCUT2D eigenvalue weighted by Crippen LogP contribution is 2.41. The summed E-state index contributed by atoms with van der Waals surface area (Å²) in [5, 5.41) is 0. The fraction of sp³-hybridized carbons (Fsp3) is 1.00. The van der Waals surface area contributed by atoms with Crippen molar-refractivity contribution in [1.29, 1.82) is 0 Å². The molecule has 0 atom stereocenters. The highest BCUT2D eigenvalue weighted by Gasteiger charge is 2.42. The lowest BCUT2D eigenvalue weighted by atomic mass is 9.83. The molecule has 1 saturated carbocycles. The van der Waals surface area contributed by atoms with Gasteiger partial charge in [0.2, 0.25) is 5.92 Å². The van der Waals surface area contributed by atoms with Gasteiger partial charge in [0, 0.05) is 12.8 Å². The molecule has 0 unspecified atom stereocenters. The molecular weight excluding hydrogens is 146 g/mol. The maximum Gasteiger partial charge on any atom is 0.248 e.